The molecule has 2 aliphatic rings. The fraction of sp³-hybridized carbons (Fsp3) is 0.750. The van der Waals surface area contributed by atoms with Gasteiger partial charge in [0.1, 0.15) is 5.75 Å². The number of hydrogen-bond acceptors (Lipinski definition) is 4. The number of morpholine rings is 1. The van der Waals surface area contributed by atoms with Crippen LogP contribution in [0.2, 0.25) is 0 Å². The summed E-state index contributed by atoms with van der Waals surface area (Å²) in [4.78, 5) is 7.16. The van der Waals surface area contributed by atoms with E-state index in [-0.39, 0.29) is 0 Å². The maximum atomic E-state index is 6.06. The molecule has 24 heavy (non-hydrogen) atoms. The van der Waals surface area contributed by atoms with Crippen molar-refractivity contribution >= 4 is 0 Å². The van der Waals surface area contributed by atoms with E-state index in [4.69, 9.17) is 9.47 Å². The van der Waals surface area contributed by atoms with E-state index in [1.165, 1.54) is 44.1 Å². The van der Waals surface area contributed by atoms with Gasteiger partial charge in [-0.05, 0) is 26.2 Å². The number of pyridine rings is 1. The Hall–Kier alpha value is -1.13. The molecule has 0 N–H and O–H groups in total. The van der Waals surface area contributed by atoms with Crippen LogP contribution in [0.25, 0.3) is 0 Å². The van der Waals surface area contributed by atoms with Gasteiger partial charge >= 0.3 is 0 Å². The molecule has 0 spiro atoms. The van der Waals surface area contributed by atoms with Gasteiger partial charge in [0.05, 0.1) is 25.5 Å². The fourth-order valence-corrected chi connectivity index (χ4v) is 4.30. The van der Waals surface area contributed by atoms with Crippen molar-refractivity contribution in [2.24, 2.45) is 5.92 Å². The standard InChI is InChI=1S/C20H32N2O2/c1-15-12-21-19(16(2)20(15)23-3)14-22-9-10-24-18(13-22)11-17-7-5-4-6-8-17/h12,17-18H,4-11,13-14H2,1-3H3/t18-/m0/s1. The number of hydrogen-bond donors (Lipinski definition) is 0. The van der Waals surface area contributed by atoms with Crippen LogP contribution in [-0.4, -0.2) is 42.8 Å². The van der Waals surface area contributed by atoms with Crippen molar-refractivity contribution in [3.63, 3.8) is 0 Å². The highest BCUT2D eigenvalue weighted by Gasteiger charge is 2.25. The number of rotatable bonds is 5. The highest BCUT2D eigenvalue weighted by molar-refractivity contribution is 5.41. The Kier molecular flexibility index (Phi) is 6.12. The summed E-state index contributed by atoms with van der Waals surface area (Å²) in [7, 11) is 1.74. The lowest BCUT2D eigenvalue weighted by Gasteiger charge is -2.35. The van der Waals surface area contributed by atoms with Gasteiger partial charge in [0.15, 0.2) is 0 Å². The first kappa shape index (κ1) is 17.7. The summed E-state index contributed by atoms with van der Waals surface area (Å²) in [6.45, 7) is 7.95. The summed E-state index contributed by atoms with van der Waals surface area (Å²) < 4.78 is 11.6. The summed E-state index contributed by atoms with van der Waals surface area (Å²) in [5.41, 5.74) is 3.42. The van der Waals surface area contributed by atoms with Crippen LogP contribution >= 0.6 is 0 Å². The number of nitrogens with zero attached hydrogens (tertiary/aromatic N) is 2. The third-order valence-electron chi connectivity index (χ3n) is 5.67. The van der Waals surface area contributed by atoms with Crippen LogP contribution in [0.15, 0.2) is 6.20 Å². The first-order valence-electron chi connectivity index (χ1n) is 9.50. The van der Waals surface area contributed by atoms with Crippen molar-refractivity contribution < 1.29 is 9.47 Å². The summed E-state index contributed by atoms with van der Waals surface area (Å²) in [5.74, 6) is 1.86. The molecule has 1 saturated carbocycles. The van der Waals surface area contributed by atoms with E-state index in [0.717, 1.165) is 49.2 Å². The van der Waals surface area contributed by atoms with E-state index in [1.807, 2.05) is 6.20 Å². The molecule has 4 heteroatoms. The SMILES string of the molecule is COc1c(C)cnc(CN2CCO[C@@H](CC3CCCCC3)C2)c1C. The molecule has 4 nitrogen and oxygen atoms in total. The molecule has 1 aromatic heterocycles. The predicted octanol–water partition coefficient (Wildman–Crippen LogP) is 3.88. The molecule has 1 aliphatic heterocycles. The van der Waals surface area contributed by atoms with Crippen LogP contribution < -0.4 is 4.74 Å². The Morgan fingerprint density at radius 1 is 1.25 bits per heavy atom. The van der Waals surface area contributed by atoms with Crippen LogP contribution in [0.4, 0.5) is 0 Å². The number of aryl methyl sites for hydroxylation is 1. The van der Waals surface area contributed by atoms with Gasteiger partial charge in [0.2, 0.25) is 0 Å². The zero-order valence-electron chi connectivity index (χ0n) is 15.5. The molecule has 3 rings (SSSR count). The van der Waals surface area contributed by atoms with Crippen molar-refractivity contribution in [2.75, 3.05) is 26.8 Å². The fourth-order valence-electron chi connectivity index (χ4n) is 4.30. The number of aromatic nitrogens is 1. The highest BCUT2D eigenvalue weighted by Crippen LogP contribution is 2.30. The summed E-state index contributed by atoms with van der Waals surface area (Å²) in [6, 6.07) is 0. The molecule has 2 fully saturated rings. The normalized spacial score (nSPS) is 23.4. The minimum atomic E-state index is 0.398. The Morgan fingerprint density at radius 2 is 2.04 bits per heavy atom. The summed E-state index contributed by atoms with van der Waals surface area (Å²) in [5, 5.41) is 0. The van der Waals surface area contributed by atoms with Gasteiger partial charge in [-0.1, -0.05) is 32.1 Å². The van der Waals surface area contributed by atoms with Crippen molar-refractivity contribution in [1.29, 1.82) is 0 Å². The maximum Gasteiger partial charge on any atom is 0.128 e. The largest absolute Gasteiger partial charge is 0.496 e. The lowest BCUT2D eigenvalue weighted by Crippen LogP contribution is -2.43. The molecule has 134 valence electrons. The molecule has 0 unspecified atom stereocenters. The first-order valence-corrected chi connectivity index (χ1v) is 9.50. The highest BCUT2D eigenvalue weighted by atomic mass is 16.5. The Labute approximate surface area is 146 Å². The van der Waals surface area contributed by atoms with E-state index in [0.29, 0.717) is 6.10 Å². The molecule has 1 aliphatic carbocycles. The summed E-state index contributed by atoms with van der Waals surface area (Å²) in [6.07, 6.45) is 10.6. The molecule has 2 heterocycles. The number of ether oxygens (including phenoxy) is 2. The van der Waals surface area contributed by atoms with E-state index in [9.17, 15) is 0 Å². The Bertz CT molecular complexity index is 541. The van der Waals surface area contributed by atoms with Crippen molar-refractivity contribution in [3.05, 3.63) is 23.0 Å². The van der Waals surface area contributed by atoms with Gasteiger partial charge in [-0.25, -0.2) is 0 Å². The molecule has 1 aromatic rings. The average molecular weight is 332 g/mol. The molecular formula is C20H32N2O2. The van der Waals surface area contributed by atoms with E-state index < -0.39 is 0 Å². The van der Waals surface area contributed by atoms with E-state index in [2.05, 4.69) is 23.7 Å². The minimum Gasteiger partial charge on any atom is -0.496 e. The quantitative estimate of drug-likeness (QED) is 0.819. The molecule has 0 radical (unpaired) electrons. The maximum absolute atomic E-state index is 6.06. The van der Waals surface area contributed by atoms with Gasteiger partial charge in [0.25, 0.3) is 0 Å². The number of methoxy groups -OCH3 is 1. The molecule has 0 amide bonds. The lowest BCUT2D eigenvalue weighted by molar-refractivity contribution is -0.0443. The molecule has 1 atom stereocenters. The smallest absolute Gasteiger partial charge is 0.128 e. The minimum absolute atomic E-state index is 0.398. The van der Waals surface area contributed by atoms with Crippen LogP contribution in [0.3, 0.4) is 0 Å². The van der Waals surface area contributed by atoms with Gasteiger partial charge < -0.3 is 9.47 Å². The second-order valence-electron chi connectivity index (χ2n) is 7.51. The molecule has 0 bridgehead atoms. The van der Waals surface area contributed by atoms with Crippen LogP contribution in [0.1, 0.15) is 55.3 Å². The average Bonchev–Trinajstić information content (AvgIpc) is 2.59. The third-order valence-corrected chi connectivity index (χ3v) is 5.67. The zero-order chi connectivity index (χ0) is 16.9. The molecule has 1 saturated heterocycles. The van der Waals surface area contributed by atoms with Gasteiger partial charge in [-0.2, -0.15) is 0 Å². The van der Waals surface area contributed by atoms with Gasteiger partial charge in [0, 0.05) is 37.0 Å². The zero-order valence-corrected chi connectivity index (χ0v) is 15.5. The lowest BCUT2D eigenvalue weighted by atomic mass is 9.85. The third kappa shape index (κ3) is 4.28. The van der Waals surface area contributed by atoms with Crippen LogP contribution in [-0.2, 0) is 11.3 Å². The first-order chi connectivity index (χ1) is 11.7. The van der Waals surface area contributed by atoms with Crippen molar-refractivity contribution in [1.82, 2.24) is 9.88 Å². The second-order valence-corrected chi connectivity index (χ2v) is 7.51. The predicted molar refractivity (Wildman–Crippen MR) is 96.5 cm³/mol. The van der Waals surface area contributed by atoms with E-state index >= 15 is 0 Å². The molecule has 0 aromatic carbocycles. The van der Waals surface area contributed by atoms with Crippen LogP contribution in [0.5, 0.6) is 5.75 Å². The Balaban J connectivity index is 1.59. The monoisotopic (exact) mass is 332 g/mol. The van der Waals surface area contributed by atoms with Crippen molar-refractivity contribution in [3.8, 4) is 5.75 Å². The Morgan fingerprint density at radius 3 is 2.79 bits per heavy atom. The molecular weight excluding hydrogens is 300 g/mol. The topological polar surface area (TPSA) is 34.6 Å². The van der Waals surface area contributed by atoms with Gasteiger partial charge in [-0.3, -0.25) is 9.88 Å². The van der Waals surface area contributed by atoms with Gasteiger partial charge in [-0.15, -0.1) is 0 Å². The second kappa shape index (κ2) is 8.30. The summed E-state index contributed by atoms with van der Waals surface area (Å²) >= 11 is 0. The van der Waals surface area contributed by atoms with Crippen molar-refractivity contribution in [2.45, 2.75) is 65.0 Å². The van der Waals surface area contributed by atoms with Crippen LogP contribution in [0, 0.1) is 19.8 Å². The van der Waals surface area contributed by atoms with E-state index in [1.54, 1.807) is 7.11 Å².